The van der Waals surface area contributed by atoms with Crippen molar-refractivity contribution in [2.24, 2.45) is 4.99 Å². The average molecular weight is 413 g/mol. The van der Waals surface area contributed by atoms with E-state index in [1.54, 1.807) is 92.0 Å². The van der Waals surface area contributed by atoms with Crippen molar-refractivity contribution in [2.75, 3.05) is 7.11 Å². The van der Waals surface area contributed by atoms with E-state index in [1.165, 1.54) is 6.21 Å². The first kappa shape index (κ1) is 19.9. The first-order chi connectivity index (χ1) is 15.1. The first-order valence-corrected chi connectivity index (χ1v) is 9.50. The summed E-state index contributed by atoms with van der Waals surface area (Å²) in [6.07, 6.45) is 1.26. The molecule has 1 heterocycles. The minimum atomic E-state index is -0.679. The lowest BCUT2D eigenvalue weighted by atomic mass is 10.2. The molecule has 1 N–H and O–H groups in total. The highest BCUT2D eigenvalue weighted by Crippen LogP contribution is 2.20. The zero-order chi connectivity index (χ0) is 21.8. The van der Waals surface area contributed by atoms with E-state index in [0.29, 0.717) is 22.8 Å². The fourth-order valence-corrected chi connectivity index (χ4v) is 3.15. The molecule has 0 saturated carbocycles. The summed E-state index contributed by atoms with van der Waals surface area (Å²) in [6.45, 7) is 0. The Bertz CT molecular complexity index is 1340. The molecular weight excluding hydrogens is 394 g/mol. The summed E-state index contributed by atoms with van der Waals surface area (Å²) >= 11 is 0. The quantitative estimate of drug-likeness (QED) is 0.508. The molecule has 3 aromatic carbocycles. The number of rotatable bonds is 5. The maximum atomic E-state index is 13.2. The number of methoxy groups -OCH3 is 1. The third-order valence-electron chi connectivity index (χ3n) is 4.71. The van der Waals surface area contributed by atoms with Gasteiger partial charge in [-0.25, -0.2) is 13.9 Å². The molecule has 0 radical (unpaired) electrons. The molecule has 0 unspecified atom stereocenters. The largest absolute Gasteiger partial charge is 0.497 e. The lowest BCUT2D eigenvalue weighted by Crippen LogP contribution is -2.40. The van der Waals surface area contributed by atoms with Crippen LogP contribution >= 0.6 is 0 Å². The number of aromatic hydroxyl groups is 1. The molecule has 0 saturated heterocycles. The van der Waals surface area contributed by atoms with E-state index >= 15 is 0 Å². The van der Waals surface area contributed by atoms with Crippen LogP contribution in [0, 0.1) is 0 Å². The average Bonchev–Trinajstić information content (AvgIpc) is 2.81. The van der Waals surface area contributed by atoms with Crippen LogP contribution in [0.2, 0.25) is 0 Å². The summed E-state index contributed by atoms with van der Waals surface area (Å²) in [6, 6.07) is 24.1. The van der Waals surface area contributed by atoms with Crippen molar-refractivity contribution in [1.82, 2.24) is 9.13 Å². The molecule has 7 heteroatoms. The van der Waals surface area contributed by atoms with Gasteiger partial charge in [-0.15, -0.1) is 0 Å². The standard InChI is InChI=1S/C24H19N3O4/c1-31-20-14-12-17(13-15-20)25-16-21-22(28)26(18-8-4-2-5-9-18)24(30)27(23(21)29)19-10-6-3-7-11-19/h2-16,28H,1H3. The highest BCUT2D eigenvalue weighted by atomic mass is 16.5. The Balaban J connectivity index is 1.95. The molecule has 4 aromatic rings. The SMILES string of the molecule is COc1ccc(N=Cc2c(O)n(-c3ccccc3)c(=O)n(-c3ccccc3)c2=O)cc1. The van der Waals surface area contributed by atoms with Gasteiger partial charge in [0.15, 0.2) is 0 Å². The third kappa shape index (κ3) is 3.89. The second-order valence-corrected chi connectivity index (χ2v) is 6.62. The van der Waals surface area contributed by atoms with Gasteiger partial charge in [0.2, 0.25) is 5.88 Å². The van der Waals surface area contributed by atoms with Gasteiger partial charge in [0.1, 0.15) is 11.3 Å². The second-order valence-electron chi connectivity index (χ2n) is 6.62. The van der Waals surface area contributed by atoms with Crippen molar-refractivity contribution in [1.29, 1.82) is 0 Å². The maximum Gasteiger partial charge on any atom is 0.343 e. The van der Waals surface area contributed by atoms with Crippen LogP contribution in [0.3, 0.4) is 0 Å². The molecule has 0 aliphatic rings. The predicted molar refractivity (Wildman–Crippen MR) is 120 cm³/mol. The summed E-state index contributed by atoms with van der Waals surface area (Å²) in [5.74, 6) is 0.191. The van der Waals surface area contributed by atoms with Gasteiger partial charge < -0.3 is 9.84 Å². The van der Waals surface area contributed by atoms with Crippen molar-refractivity contribution in [3.63, 3.8) is 0 Å². The number of nitrogens with zero attached hydrogens (tertiary/aromatic N) is 3. The Labute approximate surface area is 177 Å². The molecule has 0 aliphatic carbocycles. The zero-order valence-corrected chi connectivity index (χ0v) is 16.7. The Hall–Kier alpha value is -4.39. The van der Waals surface area contributed by atoms with Gasteiger partial charge in [0, 0.05) is 6.21 Å². The molecule has 4 rings (SSSR count). The molecular formula is C24H19N3O4. The number of aromatic nitrogens is 2. The normalized spacial score (nSPS) is 11.0. The van der Waals surface area contributed by atoms with Crippen LogP contribution in [0.4, 0.5) is 5.69 Å². The van der Waals surface area contributed by atoms with Crippen LogP contribution in [0.25, 0.3) is 11.4 Å². The van der Waals surface area contributed by atoms with Crippen molar-refractivity contribution in [3.8, 4) is 23.0 Å². The number of hydrogen-bond donors (Lipinski definition) is 1. The lowest BCUT2D eigenvalue weighted by Gasteiger charge is -2.14. The Morgan fingerprint density at radius 1 is 0.806 bits per heavy atom. The number of benzene rings is 3. The van der Waals surface area contributed by atoms with Crippen LogP contribution in [0.5, 0.6) is 11.6 Å². The number of ether oxygens (including phenoxy) is 1. The van der Waals surface area contributed by atoms with Crippen molar-refractivity contribution in [3.05, 3.63) is 111 Å². The van der Waals surface area contributed by atoms with E-state index < -0.39 is 17.1 Å². The second kappa shape index (κ2) is 8.54. The van der Waals surface area contributed by atoms with Crippen molar-refractivity contribution in [2.45, 2.75) is 0 Å². The maximum absolute atomic E-state index is 13.2. The van der Waals surface area contributed by atoms with E-state index in [9.17, 15) is 14.7 Å². The summed E-state index contributed by atoms with van der Waals surface area (Å²) in [5, 5.41) is 10.9. The summed E-state index contributed by atoms with van der Waals surface area (Å²) in [5.41, 5.74) is -0.0823. The number of para-hydroxylation sites is 2. The highest BCUT2D eigenvalue weighted by Gasteiger charge is 2.19. The fourth-order valence-electron chi connectivity index (χ4n) is 3.15. The molecule has 0 spiro atoms. The molecule has 0 bridgehead atoms. The van der Waals surface area contributed by atoms with E-state index in [4.69, 9.17) is 4.74 Å². The Kier molecular flexibility index (Phi) is 5.49. The van der Waals surface area contributed by atoms with Crippen LogP contribution in [0.1, 0.15) is 5.56 Å². The van der Waals surface area contributed by atoms with E-state index in [0.717, 1.165) is 9.13 Å². The Morgan fingerprint density at radius 3 is 1.90 bits per heavy atom. The monoisotopic (exact) mass is 413 g/mol. The van der Waals surface area contributed by atoms with Gasteiger partial charge >= 0.3 is 5.69 Å². The molecule has 0 aliphatic heterocycles. The van der Waals surface area contributed by atoms with Crippen LogP contribution in [-0.4, -0.2) is 27.6 Å². The Morgan fingerprint density at radius 2 is 1.35 bits per heavy atom. The minimum absolute atomic E-state index is 0.108. The van der Waals surface area contributed by atoms with Gasteiger partial charge in [-0.3, -0.25) is 9.79 Å². The molecule has 154 valence electrons. The topological polar surface area (TPSA) is 85.8 Å². The van der Waals surface area contributed by atoms with Gasteiger partial charge in [-0.2, -0.15) is 0 Å². The van der Waals surface area contributed by atoms with Crippen molar-refractivity contribution >= 4 is 11.9 Å². The third-order valence-corrected chi connectivity index (χ3v) is 4.71. The molecule has 1 aromatic heterocycles. The van der Waals surface area contributed by atoms with Crippen LogP contribution < -0.4 is 16.0 Å². The van der Waals surface area contributed by atoms with Gasteiger partial charge in [0.25, 0.3) is 5.56 Å². The summed E-state index contributed by atoms with van der Waals surface area (Å²) in [4.78, 5) is 30.7. The van der Waals surface area contributed by atoms with Gasteiger partial charge in [0.05, 0.1) is 24.2 Å². The van der Waals surface area contributed by atoms with Crippen LogP contribution in [0.15, 0.2) is 99.5 Å². The fraction of sp³-hybridized carbons (Fsp3) is 0.0417. The van der Waals surface area contributed by atoms with Crippen LogP contribution in [-0.2, 0) is 0 Å². The molecule has 0 amide bonds. The first-order valence-electron chi connectivity index (χ1n) is 9.50. The van der Waals surface area contributed by atoms with E-state index in [-0.39, 0.29) is 5.56 Å². The highest BCUT2D eigenvalue weighted by molar-refractivity contribution is 5.84. The predicted octanol–water partition coefficient (Wildman–Crippen LogP) is 3.45. The summed E-state index contributed by atoms with van der Waals surface area (Å²) in [7, 11) is 1.56. The summed E-state index contributed by atoms with van der Waals surface area (Å²) < 4.78 is 7.23. The number of aliphatic imine (C=N–C) groups is 1. The molecule has 7 nitrogen and oxygen atoms in total. The van der Waals surface area contributed by atoms with E-state index in [1.807, 2.05) is 0 Å². The molecule has 0 fully saturated rings. The number of hydrogen-bond acceptors (Lipinski definition) is 5. The van der Waals surface area contributed by atoms with Gasteiger partial charge in [-0.05, 0) is 48.5 Å². The van der Waals surface area contributed by atoms with Gasteiger partial charge in [-0.1, -0.05) is 36.4 Å². The smallest absolute Gasteiger partial charge is 0.343 e. The lowest BCUT2D eigenvalue weighted by molar-refractivity contribution is 0.415. The van der Waals surface area contributed by atoms with E-state index in [2.05, 4.69) is 4.99 Å². The van der Waals surface area contributed by atoms with Crippen molar-refractivity contribution < 1.29 is 9.84 Å². The molecule has 31 heavy (non-hydrogen) atoms. The minimum Gasteiger partial charge on any atom is -0.497 e. The zero-order valence-electron chi connectivity index (χ0n) is 16.7. The molecule has 0 atom stereocenters.